The minimum Gasteiger partial charge on any atom is -0.382 e. The van der Waals surface area contributed by atoms with E-state index in [1.165, 1.54) is 23.5 Å². The number of rotatable bonds is 6. The molecule has 5 nitrogen and oxygen atoms in total. The molecule has 0 aliphatic carbocycles. The first kappa shape index (κ1) is 13.4. The Morgan fingerprint density at radius 1 is 1.69 bits per heavy atom. The summed E-state index contributed by atoms with van der Waals surface area (Å²) < 4.78 is 0. The second-order valence-corrected chi connectivity index (χ2v) is 5.13. The van der Waals surface area contributed by atoms with E-state index in [0.29, 0.717) is 5.88 Å². The van der Waals surface area contributed by atoms with Crippen LogP contribution in [0.5, 0.6) is 0 Å². The van der Waals surface area contributed by atoms with Gasteiger partial charge >= 0.3 is 0 Å². The molecule has 1 aliphatic heterocycles. The zero-order valence-electron chi connectivity index (χ0n) is 8.77. The Balaban J connectivity index is 2.13. The lowest BCUT2D eigenvalue weighted by Crippen LogP contribution is -2.41. The highest BCUT2D eigenvalue weighted by atomic mass is 32.2. The Morgan fingerprint density at radius 3 is 3.12 bits per heavy atom. The van der Waals surface area contributed by atoms with Crippen LogP contribution in [0.25, 0.3) is 0 Å². The molecule has 4 N–H and O–H groups in total. The van der Waals surface area contributed by atoms with Crippen LogP contribution in [0.3, 0.4) is 0 Å². The fraction of sp³-hybridized carbons (Fsp3) is 0.556. The summed E-state index contributed by atoms with van der Waals surface area (Å²) in [7, 11) is 0. The molecule has 1 fully saturated rings. The second kappa shape index (κ2) is 7.59. The molecule has 0 bridgehead atoms. The average Bonchev–Trinajstić information content (AvgIpc) is 2.64. The lowest BCUT2D eigenvalue weighted by atomic mass is 10.2. The molecule has 0 radical (unpaired) electrons. The van der Waals surface area contributed by atoms with Crippen LogP contribution in [0.2, 0.25) is 0 Å². The van der Waals surface area contributed by atoms with Crippen molar-refractivity contribution in [3.05, 3.63) is 11.6 Å². The quantitative estimate of drug-likeness (QED) is 0.576. The molecule has 1 aliphatic rings. The minimum atomic E-state index is -0.304. The molecule has 0 aromatic heterocycles. The van der Waals surface area contributed by atoms with Crippen LogP contribution in [0.4, 0.5) is 0 Å². The van der Waals surface area contributed by atoms with Gasteiger partial charge in [0.05, 0.1) is 12.6 Å². The molecule has 1 amide bonds. The maximum atomic E-state index is 11.4. The Hall–Kier alpha value is -0.660. The SMILES string of the molecule is NCS/C=C\NCC(=O)NC1CCSC1=O. The molecule has 90 valence electrons. The van der Waals surface area contributed by atoms with Gasteiger partial charge < -0.3 is 16.4 Å². The van der Waals surface area contributed by atoms with Gasteiger partial charge in [-0.15, -0.1) is 11.8 Å². The van der Waals surface area contributed by atoms with E-state index in [1.54, 1.807) is 11.6 Å². The van der Waals surface area contributed by atoms with E-state index in [0.717, 1.165) is 12.2 Å². The van der Waals surface area contributed by atoms with Crippen molar-refractivity contribution in [2.45, 2.75) is 12.5 Å². The van der Waals surface area contributed by atoms with E-state index in [1.807, 2.05) is 0 Å². The van der Waals surface area contributed by atoms with Gasteiger partial charge in [0.25, 0.3) is 0 Å². The molecule has 1 atom stereocenters. The summed E-state index contributed by atoms with van der Waals surface area (Å²) >= 11 is 2.72. The topological polar surface area (TPSA) is 84.2 Å². The standard InChI is InChI=1S/C9H15N3O2S2/c10-6-15-4-2-11-5-8(13)12-7-1-3-16-9(7)14/h2,4,7,11H,1,3,5-6,10H2,(H,12,13)/b4-2-. The normalized spacial score (nSPS) is 20.3. The van der Waals surface area contributed by atoms with Gasteiger partial charge in [0, 0.05) is 17.8 Å². The van der Waals surface area contributed by atoms with Crippen LogP contribution in [-0.2, 0) is 9.59 Å². The molecule has 1 heterocycles. The van der Waals surface area contributed by atoms with Crippen molar-refractivity contribution in [2.24, 2.45) is 5.73 Å². The van der Waals surface area contributed by atoms with E-state index in [9.17, 15) is 9.59 Å². The van der Waals surface area contributed by atoms with E-state index >= 15 is 0 Å². The first-order valence-electron chi connectivity index (χ1n) is 4.90. The van der Waals surface area contributed by atoms with Gasteiger partial charge in [-0.1, -0.05) is 11.8 Å². The number of carbonyl (C=O) groups is 2. The van der Waals surface area contributed by atoms with Gasteiger partial charge in [0.15, 0.2) is 0 Å². The number of nitrogens with two attached hydrogens (primary N) is 1. The lowest BCUT2D eigenvalue weighted by Gasteiger charge is -2.09. The number of hydrogen-bond donors (Lipinski definition) is 3. The fourth-order valence-corrected chi connectivity index (χ4v) is 2.41. The first-order valence-corrected chi connectivity index (χ1v) is 6.93. The largest absolute Gasteiger partial charge is 0.382 e. The average molecular weight is 261 g/mol. The summed E-state index contributed by atoms with van der Waals surface area (Å²) in [6.07, 6.45) is 2.40. The van der Waals surface area contributed by atoms with Crippen molar-refractivity contribution in [1.82, 2.24) is 10.6 Å². The van der Waals surface area contributed by atoms with Crippen LogP contribution >= 0.6 is 23.5 Å². The monoisotopic (exact) mass is 261 g/mol. The third-order valence-corrected chi connectivity index (χ3v) is 3.44. The van der Waals surface area contributed by atoms with Crippen molar-refractivity contribution < 1.29 is 9.59 Å². The van der Waals surface area contributed by atoms with Gasteiger partial charge in [0.1, 0.15) is 0 Å². The summed E-state index contributed by atoms with van der Waals surface area (Å²) in [5.41, 5.74) is 5.26. The summed E-state index contributed by atoms with van der Waals surface area (Å²) in [4.78, 5) is 22.6. The van der Waals surface area contributed by atoms with Gasteiger partial charge in [-0.2, -0.15) is 0 Å². The summed E-state index contributed by atoms with van der Waals surface area (Å²) in [5.74, 6) is 1.14. The molecule has 1 unspecified atom stereocenters. The van der Waals surface area contributed by atoms with Crippen LogP contribution in [0.15, 0.2) is 11.6 Å². The first-order chi connectivity index (χ1) is 7.74. The molecular weight excluding hydrogens is 246 g/mol. The summed E-state index contributed by atoms with van der Waals surface area (Å²) in [5, 5.41) is 7.34. The molecule has 1 rings (SSSR count). The highest BCUT2D eigenvalue weighted by Gasteiger charge is 2.26. The van der Waals surface area contributed by atoms with E-state index < -0.39 is 0 Å². The predicted molar refractivity (Wildman–Crippen MR) is 67.8 cm³/mol. The van der Waals surface area contributed by atoms with Crippen LogP contribution in [0.1, 0.15) is 6.42 Å². The van der Waals surface area contributed by atoms with Crippen molar-refractivity contribution in [3.63, 3.8) is 0 Å². The zero-order chi connectivity index (χ0) is 11.8. The highest BCUT2D eigenvalue weighted by Crippen LogP contribution is 2.19. The van der Waals surface area contributed by atoms with Gasteiger partial charge in [0.2, 0.25) is 11.0 Å². The Morgan fingerprint density at radius 2 is 2.50 bits per heavy atom. The smallest absolute Gasteiger partial charge is 0.239 e. The fourth-order valence-electron chi connectivity index (χ4n) is 1.18. The summed E-state index contributed by atoms with van der Waals surface area (Å²) in [6.45, 7) is 0.177. The molecule has 0 aromatic rings. The van der Waals surface area contributed by atoms with Gasteiger partial charge in [-0.3, -0.25) is 9.59 Å². The van der Waals surface area contributed by atoms with Crippen LogP contribution in [-0.4, -0.2) is 35.2 Å². The van der Waals surface area contributed by atoms with Crippen LogP contribution in [0, 0.1) is 0 Å². The number of hydrogen-bond acceptors (Lipinski definition) is 6. The Bertz CT molecular complexity index is 284. The highest BCUT2D eigenvalue weighted by molar-refractivity contribution is 8.14. The molecule has 0 spiro atoms. The van der Waals surface area contributed by atoms with Crippen molar-refractivity contribution in [3.8, 4) is 0 Å². The lowest BCUT2D eigenvalue weighted by molar-refractivity contribution is -0.123. The zero-order valence-corrected chi connectivity index (χ0v) is 10.4. The minimum absolute atomic E-state index is 0.0579. The number of carbonyl (C=O) groups excluding carboxylic acids is 2. The number of amides is 1. The molecule has 1 saturated heterocycles. The number of nitrogens with one attached hydrogen (secondary N) is 2. The summed E-state index contributed by atoms with van der Waals surface area (Å²) in [6, 6.07) is -0.304. The van der Waals surface area contributed by atoms with Crippen molar-refractivity contribution >= 4 is 34.5 Å². The number of thioether (sulfide) groups is 2. The second-order valence-electron chi connectivity index (χ2n) is 3.09. The van der Waals surface area contributed by atoms with Gasteiger partial charge in [-0.25, -0.2) is 0 Å². The molecule has 16 heavy (non-hydrogen) atoms. The predicted octanol–water partition coefficient (Wildman–Crippen LogP) is -0.155. The third-order valence-electron chi connectivity index (χ3n) is 1.91. The maximum Gasteiger partial charge on any atom is 0.239 e. The third kappa shape index (κ3) is 4.91. The maximum absolute atomic E-state index is 11.4. The molecular formula is C9H15N3O2S2. The van der Waals surface area contributed by atoms with Crippen LogP contribution < -0.4 is 16.4 Å². The van der Waals surface area contributed by atoms with Crippen molar-refractivity contribution in [2.75, 3.05) is 18.2 Å². The van der Waals surface area contributed by atoms with Gasteiger partial charge in [-0.05, 0) is 11.8 Å². The Kier molecular flexibility index (Phi) is 6.36. The molecule has 0 aromatic carbocycles. The molecule has 0 saturated carbocycles. The van der Waals surface area contributed by atoms with Crippen molar-refractivity contribution in [1.29, 1.82) is 0 Å². The van der Waals surface area contributed by atoms with E-state index in [2.05, 4.69) is 10.6 Å². The van der Waals surface area contributed by atoms with E-state index in [-0.39, 0.29) is 23.6 Å². The molecule has 7 heteroatoms. The Labute approximate surface area is 103 Å². The van der Waals surface area contributed by atoms with E-state index in [4.69, 9.17) is 5.73 Å².